The summed E-state index contributed by atoms with van der Waals surface area (Å²) in [7, 11) is 0. The number of aromatic nitrogens is 1. The zero-order chi connectivity index (χ0) is 15.5. The van der Waals surface area contributed by atoms with Crippen molar-refractivity contribution in [2.24, 2.45) is 5.73 Å². The van der Waals surface area contributed by atoms with Gasteiger partial charge in [-0.1, -0.05) is 25.1 Å². The summed E-state index contributed by atoms with van der Waals surface area (Å²) in [4.78, 5) is 4.01. The molecular formula is C15H15F3N2O. The first kappa shape index (κ1) is 15.3. The summed E-state index contributed by atoms with van der Waals surface area (Å²) in [6, 6.07) is 6.91. The molecule has 0 radical (unpaired) electrons. The summed E-state index contributed by atoms with van der Waals surface area (Å²) in [6.07, 6.45) is -0.815. The van der Waals surface area contributed by atoms with Gasteiger partial charge in [-0.2, -0.15) is 0 Å². The Hall–Kier alpha value is -2.08. The minimum Gasteiger partial charge on any atom is -0.405 e. The number of para-hydroxylation sites is 1. The van der Waals surface area contributed by atoms with Crippen molar-refractivity contribution in [2.75, 3.05) is 0 Å². The molecule has 0 aliphatic heterocycles. The number of nitrogens with zero attached hydrogens (tertiary/aromatic N) is 1. The minimum absolute atomic E-state index is 0.281. The summed E-state index contributed by atoms with van der Waals surface area (Å²) < 4.78 is 41.4. The van der Waals surface area contributed by atoms with Crippen LogP contribution in [0.2, 0.25) is 0 Å². The van der Waals surface area contributed by atoms with E-state index in [2.05, 4.69) is 9.72 Å². The van der Waals surface area contributed by atoms with E-state index in [-0.39, 0.29) is 11.3 Å². The van der Waals surface area contributed by atoms with Crippen LogP contribution in [0.25, 0.3) is 0 Å². The highest BCUT2D eigenvalue weighted by Gasteiger charge is 2.32. The molecule has 0 aliphatic rings. The topological polar surface area (TPSA) is 48.1 Å². The average molecular weight is 296 g/mol. The number of hydrogen-bond donors (Lipinski definition) is 1. The van der Waals surface area contributed by atoms with Crippen LogP contribution in [0.15, 0.2) is 42.7 Å². The van der Waals surface area contributed by atoms with Gasteiger partial charge in [0.15, 0.2) is 0 Å². The van der Waals surface area contributed by atoms with Crippen LogP contribution in [0.4, 0.5) is 13.2 Å². The molecule has 0 amide bonds. The summed E-state index contributed by atoms with van der Waals surface area (Å²) >= 11 is 0. The molecule has 0 saturated heterocycles. The van der Waals surface area contributed by atoms with E-state index in [1.807, 2.05) is 6.92 Å². The van der Waals surface area contributed by atoms with Crippen LogP contribution in [-0.4, -0.2) is 11.3 Å². The van der Waals surface area contributed by atoms with Crippen LogP contribution in [-0.2, 0) is 6.42 Å². The number of hydrogen-bond acceptors (Lipinski definition) is 3. The van der Waals surface area contributed by atoms with E-state index in [0.29, 0.717) is 6.42 Å². The molecular weight excluding hydrogens is 281 g/mol. The molecule has 2 rings (SSSR count). The van der Waals surface area contributed by atoms with Gasteiger partial charge in [0.05, 0.1) is 6.04 Å². The maximum Gasteiger partial charge on any atom is 0.573 e. The third-order valence-electron chi connectivity index (χ3n) is 3.14. The first-order chi connectivity index (χ1) is 9.92. The Kier molecular flexibility index (Phi) is 4.47. The molecule has 1 aromatic heterocycles. The minimum atomic E-state index is -4.75. The smallest absolute Gasteiger partial charge is 0.405 e. The number of alkyl halides is 3. The van der Waals surface area contributed by atoms with Gasteiger partial charge in [-0.25, -0.2) is 0 Å². The molecule has 112 valence electrons. The quantitative estimate of drug-likeness (QED) is 0.938. The van der Waals surface area contributed by atoms with E-state index in [4.69, 9.17) is 5.73 Å². The van der Waals surface area contributed by atoms with Crippen LogP contribution in [0.5, 0.6) is 5.75 Å². The number of nitrogens with two attached hydrogens (primary N) is 1. The number of halogens is 3. The Balaban J connectivity index is 2.42. The standard InChI is InChI=1S/C15H15F3N2O/c1-2-10-9-20-8-7-11(10)14(19)12-5-3-4-6-13(12)21-15(16,17)18/h3-9,14H,2,19H2,1H3. The monoisotopic (exact) mass is 296 g/mol. The van der Waals surface area contributed by atoms with Crippen LogP contribution >= 0.6 is 0 Å². The van der Waals surface area contributed by atoms with Crippen molar-refractivity contribution in [2.45, 2.75) is 25.7 Å². The Bertz CT molecular complexity index is 614. The van der Waals surface area contributed by atoms with Crippen molar-refractivity contribution in [3.63, 3.8) is 0 Å². The van der Waals surface area contributed by atoms with Crippen LogP contribution < -0.4 is 10.5 Å². The maximum atomic E-state index is 12.5. The summed E-state index contributed by atoms with van der Waals surface area (Å²) in [5.74, 6) is -0.281. The van der Waals surface area contributed by atoms with E-state index < -0.39 is 12.4 Å². The number of ether oxygens (including phenoxy) is 1. The van der Waals surface area contributed by atoms with Crippen LogP contribution in [0.1, 0.15) is 29.7 Å². The van der Waals surface area contributed by atoms with Gasteiger partial charge in [-0.05, 0) is 29.7 Å². The van der Waals surface area contributed by atoms with Crippen LogP contribution in [0, 0.1) is 0 Å². The lowest BCUT2D eigenvalue weighted by Gasteiger charge is -2.20. The fourth-order valence-corrected chi connectivity index (χ4v) is 2.16. The Morgan fingerprint density at radius 2 is 1.90 bits per heavy atom. The molecule has 0 aliphatic carbocycles. The second-order valence-electron chi connectivity index (χ2n) is 4.49. The highest BCUT2D eigenvalue weighted by Crippen LogP contribution is 2.33. The number of rotatable bonds is 4. The number of aryl methyl sites for hydroxylation is 1. The Morgan fingerprint density at radius 1 is 1.19 bits per heavy atom. The molecule has 1 heterocycles. The zero-order valence-electron chi connectivity index (χ0n) is 11.4. The first-order valence-corrected chi connectivity index (χ1v) is 6.45. The van der Waals surface area contributed by atoms with Gasteiger partial charge < -0.3 is 10.5 Å². The second-order valence-corrected chi connectivity index (χ2v) is 4.49. The van der Waals surface area contributed by atoms with Gasteiger partial charge in [0, 0.05) is 18.0 Å². The highest BCUT2D eigenvalue weighted by molar-refractivity contribution is 5.43. The van der Waals surface area contributed by atoms with Crippen molar-refractivity contribution in [1.29, 1.82) is 0 Å². The van der Waals surface area contributed by atoms with Crippen molar-refractivity contribution < 1.29 is 17.9 Å². The molecule has 1 atom stereocenters. The van der Waals surface area contributed by atoms with Gasteiger partial charge in [-0.3, -0.25) is 4.98 Å². The molecule has 0 saturated carbocycles. The average Bonchev–Trinajstić information content (AvgIpc) is 2.45. The van der Waals surface area contributed by atoms with Gasteiger partial charge in [-0.15, -0.1) is 13.2 Å². The molecule has 0 bridgehead atoms. The highest BCUT2D eigenvalue weighted by atomic mass is 19.4. The fourth-order valence-electron chi connectivity index (χ4n) is 2.16. The van der Waals surface area contributed by atoms with Gasteiger partial charge in [0.25, 0.3) is 0 Å². The number of pyridine rings is 1. The zero-order valence-corrected chi connectivity index (χ0v) is 11.4. The first-order valence-electron chi connectivity index (χ1n) is 6.45. The van der Waals surface area contributed by atoms with E-state index in [1.165, 1.54) is 18.2 Å². The van der Waals surface area contributed by atoms with Crippen molar-refractivity contribution in [1.82, 2.24) is 4.98 Å². The van der Waals surface area contributed by atoms with E-state index >= 15 is 0 Å². The van der Waals surface area contributed by atoms with Crippen molar-refractivity contribution >= 4 is 0 Å². The SMILES string of the molecule is CCc1cnccc1C(N)c1ccccc1OC(F)(F)F. The molecule has 2 N–H and O–H groups in total. The molecule has 6 heteroatoms. The summed E-state index contributed by atoms with van der Waals surface area (Å²) in [6.45, 7) is 1.94. The van der Waals surface area contributed by atoms with E-state index in [1.54, 1.807) is 24.5 Å². The lowest BCUT2D eigenvalue weighted by atomic mass is 9.95. The maximum absolute atomic E-state index is 12.5. The van der Waals surface area contributed by atoms with Crippen molar-refractivity contribution in [3.8, 4) is 5.75 Å². The second kappa shape index (κ2) is 6.13. The lowest BCUT2D eigenvalue weighted by molar-refractivity contribution is -0.274. The Labute approximate surface area is 120 Å². The molecule has 1 aromatic carbocycles. The molecule has 3 nitrogen and oxygen atoms in total. The predicted octanol–water partition coefficient (Wildman–Crippen LogP) is 3.59. The van der Waals surface area contributed by atoms with Gasteiger partial charge >= 0.3 is 6.36 Å². The summed E-state index contributed by atoms with van der Waals surface area (Å²) in [5.41, 5.74) is 8.06. The molecule has 2 aromatic rings. The number of benzene rings is 1. The summed E-state index contributed by atoms with van der Waals surface area (Å²) in [5, 5.41) is 0. The van der Waals surface area contributed by atoms with Crippen molar-refractivity contribution in [3.05, 3.63) is 59.4 Å². The Morgan fingerprint density at radius 3 is 2.57 bits per heavy atom. The molecule has 21 heavy (non-hydrogen) atoms. The largest absolute Gasteiger partial charge is 0.573 e. The van der Waals surface area contributed by atoms with Gasteiger partial charge in [0.2, 0.25) is 0 Å². The normalized spacial score (nSPS) is 13.0. The molecule has 0 fully saturated rings. The third kappa shape index (κ3) is 3.72. The van der Waals surface area contributed by atoms with Crippen LogP contribution in [0.3, 0.4) is 0 Å². The fraction of sp³-hybridized carbons (Fsp3) is 0.267. The van der Waals surface area contributed by atoms with E-state index in [0.717, 1.165) is 11.1 Å². The predicted molar refractivity (Wildman–Crippen MR) is 72.8 cm³/mol. The van der Waals surface area contributed by atoms with Gasteiger partial charge in [0.1, 0.15) is 5.75 Å². The molecule has 0 spiro atoms. The molecule has 1 unspecified atom stereocenters. The van der Waals surface area contributed by atoms with E-state index in [9.17, 15) is 13.2 Å². The lowest BCUT2D eigenvalue weighted by Crippen LogP contribution is -2.21. The third-order valence-corrected chi connectivity index (χ3v) is 3.14.